The molecular weight excluding hydrogens is 256 g/mol. The van der Waals surface area contributed by atoms with Gasteiger partial charge in [-0.05, 0) is 27.7 Å². The van der Waals surface area contributed by atoms with Gasteiger partial charge in [0.1, 0.15) is 5.60 Å². The Bertz CT molecular complexity index is 356. The SMILES string of the molecule is CCOC(CC(=O)O)(CC(=O)OC(C)(C)C)C(=O)O. The molecule has 0 rings (SSSR count). The van der Waals surface area contributed by atoms with Crippen LogP contribution >= 0.6 is 0 Å². The summed E-state index contributed by atoms with van der Waals surface area (Å²) in [6.45, 7) is 6.39. The van der Waals surface area contributed by atoms with Crippen molar-refractivity contribution >= 4 is 17.9 Å². The van der Waals surface area contributed by atoms with Gasteiger partial charge in [-0.15, -0.1) is 0 Å². The summed E-state index contributed by atoms with van der Waals surface area (Å²) in [5, 5.41) is 17.9. The van der Waals surface area contributed by atoms with E-state index in [4.69, 9.17) is 19.7 Å². The number of carbonyl (C=O) groups excluding carboxylic acids is 1. The molecule has 0 aromatic rings. The minimum absolute atomic E-state index is 0.0254. The van der Waals surface area contributed by atoms with Crippen LogP contribution < -0.4 is 0 Å². The summed E-state index contributed by atoms with van der Waals surface area (Å²) in [7, 11) is 0. The van der Waals surface area contributed by atoms with Crippen molar-refractivity contribution in [1.82, 2.24) is 0 Å². The van der Waals surface area contributed by atoms with Gasteiger partial charge >= 0.3 is 17.9 Å². The van der Waals surface area contributed by atoms with Crippen molar-refractivity contribution < 1.29 is 34.1 Å². The maximum absolute atomic E-state index is 11.7. The first kappa shape index (κ1) is 17.4. The van der Waals surface area contributed by atoms with Gasteiger partial charge in [0.2, 0.25) is 0 Å². The standard InChI is InChI=1S/C12H20O7/c1-5-18-12(10(16)17,6-8(13)14)7-9(15)19-11(2,3)4/h5-7H2,1-4H3,(H,13,14)(H,16,17). The molecule has 0 aromatic heterocycles. The highest BCUT2D eigenvalue weighted by atomic mass is 16.6. The summed E-state index contributed by atoms with van der Waals surface area (Å²) in [5.74, 6) is -3.67. The Balaban J connectivity index is 5.07. The van der Waals surface area contributed by atoms with Gasteiger partial charge in [-0.1, -0.05) is 0 Å². The van der Waals surface area contributed by atoms with Crippen LogP contribution in [0, 0.1) is 0 Å². The van der Waals surface area contributed by atoms with Crippen LogP contribution in [0.15, 0.2) is 0 Å². The molecule has 0 radical (unpaired) electrons. The molecule has 0 spiro atoms. The second-order valence-corrected chi connectivity index (χ2v) is 5.07. The van der Waals surface area contributed by atoms with Crippen molar-refractivity contribution in [3.05, 3.63) is 0 Å². The van der Waals surface area contributed by atoms with Gasteiger partial charge in [0.25, 0.3) is 0 Å². The van der Waals surface area contributed by atoms with E-state index in [1.54, 1.807) is 20.8 Å². The fraction of sp³-hybridized carbons (Fsp3) is 0.750. The zero-order valence-electron chi connectivity index (χ0n) is 11.6. The molecule has 0 bridgehead atoms. The van der Waals surface area contributed by atoms with E-state index in [2.05, 4.69) is 0 Å². The lowest BCUT2D eigenvalue weighted by Crippen LogP contribution is -2.46. The van der Waals surface area contributed by atoms with E-state index in [1.165, 1.54) is 6.92 Å². The second kappa shape index (κ2) is 6.51. The molecule has 7 nitrogen and oxygen atoms in total. The normalized spacial score (nSPS) is 14.5. The zero-order chi connectivity index (χ0) is 15.3. The van der Waals surface area contributed by atoms with Gasteiger partial charge in [-0.25, -0.2) is 4.79 Å². The van der Waals surface area contributed by atoms with E-state index in [9.17, 15) is 14.4 Å². The number of carboxylic acid groups (broad SMARTS) is 2. The molecule has 0 aliphatic rings. The molecule has 0 amide bonds. The van der Waals surface area contributed by atoms with Crippen LogP contribution in [-0.4, -0.2) is 45.9 Å². The average molecular weight is 276 g/mol. The minimum atomic E-state index is -2.09. The quantitative estimate of drug-likeness (QED) is 0.669. The monoisotopic (exact) mass is 276 g/mol. The van der Waals surface area contributed by atoms with Crippen molar-refractivity contribution in [2.45, 2.75) is 51.7 Å². The van der Waals surface area contributed by atoms with Crippen molar-refractivity contribution in [1.29, 1.82) is 0 Å². The first-order valence-electron chi connectivity index (χ1n) is 5.83. The average Bonchev–Trinajstić information content (AvgIpc) is 2.12. The van der Waals surface area contributed by atoms with Crippen LogP contribution in [-0.2, 0) is 23.9 Å². The van der Waals surface area contributed by atoms with E-state index in [0.717, 1.165) is 0 Å². The lowest BCUT2D eigenvalue weighted by Gasteiger charge is -2.28. The summed E-state index contributed by atoms with van der Waals surface area (Å²) in [5.41, 5.74) is -2.88. The number of ether oxygens (including phenoxy) is 2. The van der Waals surface area contributed by atoms with Crippen molar-refractivity contribution in [2.24, 2.45) is 0 Å². The van der Waals surface area contributed by atoms with Gasteiger partial charge in [-0.3, -0.25) is 9.59 Å². The van der Waals surface area contributed by atoms with E-state index in [-0.39, 0.29) is 6.61 Å². The summed E-state index contributed by atoms with van der Waals surface area (Å²) in [6.07, 6.45) is -1.46. The Kier molecular flexibility index (Phi) is 5.95. The third-order valence-corrected chi connectivity index (χ3v) is 2.10. The smallest absolute Gasteiger partial charge is 0.337 e. The highest BCUT2D eigenvalue weighted by molar-refractivity contribution is 5.89. The summed E-state index contributed by atoms with van der Waals surface area (Å²) < 4.78 is 10.0. The van der Waals surface area contributed by atoms with Crippen LogP contribution in [0.25, 0.3) is 0 Å². The van der Waals surface area contributed by atoms with Gasteiger partial charge in [0.15, 0.2) is 5.60 Å². The minimum Gasteiger partial charge on any atom is -0.481 e. The van der Waals surface area contributed by atoms with Crippen LogP contribution in [0.4, 0.5) is 0 Å². The molecule has 0 aliphatic carbocycles. The zero-order valence-corrected chi connectivity index (χ0v) is 11.6. The molecule has 0 fully saturated rings. The third kappa shape index (κ3) is 6.19. The number of hydrogen-bond acceptors (Lipinski definition) is 5. The van der Waals surface area contributed by atoms with Crippen LogP contribution in [0.5, 0.6) is 0 Å². The fourth-order valence-corrected chi connectivity index (χ4v) is 1.51. The molecule has 0 saturated heterocycles. The molecule has 1 unspecified atom stereocenters. The largest absolute Gasteiger partial charge is 0.481 e. The van der Waals surface area contributed by atoms with Crippen molar-refractivity contribution in [2.75, 3.05) is 6.61 Å². The lowest BCUT2D eigenvalue weighted by molar-refractivity contribution is -0.182. The van der Waals surface area contributed by atoms with Gasteiger partial charge in [0, 0.05) is 6.61 Å². The van der Waals surface area contributed by atoms with Crippen LogP contribution in [0.2, 0.25) is 0 Å². The Morgan fingerprint density at radius 3 is 1.89 bits per heavy atom. The number of esters is 1. The molecular formula is C12H20O7. The first-order valence-corrected chi connectivity index (χ1v) is 5.83. The number of rotatable bonds is 7. The molecule has 1 atom stereocenters. The van der Waals surface area contributed by atoms with E-state index in [1.807, 2.05) is 0 Å². The third-order valence-electron chi connectivity index (χ3n) is 2.10. The molecule has 0 aromatic carbocycles. The van der Waals surface area contributed by atoms with E-state index in [0.29, 0.717) is 0 Å². The molecule has 19 heavy (non-hydrogen) atoms. The Labute approximate surface area is 111 Å². The number of aliphatic carboxylic acids is 2. The second-order valence-electron chi connectivity index (χ2n) is 5.07. The number of hydrogen-bond donors (Lipinski definition) is 2. The molecule has 110 valence electrons. The maximum Gasteiger partial charge on any atom is 0.337 e. The molecule has 0 aliphatic heterocycles. The highest BCUT2D eigenvalue weighted by Gasteiger charge is 2.45. The molecule has 0 saturated carbocycles. The maximum atomic E-state index is 11.7. The fourth-order valence-electron chi connectivity index (χ4n) is 1.51. The van der Waals surface area contributed by atoms with Gasteiger partial charge < -0.3 is 19.7 Å². The highest BCUT2D eigenvalue weighted by Crippen LogP contribution is 2.24. The summed E-state index contributed by atoms with van der Waals surface area (Å²) in [6, 6.07) is 0. The Hall–Kier alpha value is -1.63. The van der Waals surface area contributed by atoms with Gasteiger partial charge in [-0.2, -0.15) is 0 Å². The van der Waals surface area contributed by atoms with E-state index >= 15 is 0 Å². The predicted octanol–water partition coefficient (Wildman–Crippen LogP) is 1.05. The summed E-state index contributed by atoms with van der Waals surface area (Å²) in [4.78, 5) is 33.7. The van der Waals surface area contributed by atoms with Crippen LogP contribution in [0.3, 0.4) is 0 Å². The predicted molar refractivity (Wildman–Crippen MR) is 64.7 cm³/mol. The Morgan fingerprint density at radius 2 is 1.58 bits per heavy atom. The van der Waals surface area contributed by atoms with Gasteiger partial charge in [0.05, 0.1) is 12.8 Å². The lowest BCUT2D eigenvalue weighted by atomic mass is 9.95. The van der Waals surface area contributed by atoms with E-state index < -0.39 is 42.0 Å². The number of carboxylic acids is 2. The molecule has 2 N–H and O–H groups in total. The first-order chi connectivity index (χ1) is 8.52. The van der Waals surface area contributed by atoms with Crippen LogP contribution in [0.1, 0.15) is 40.5 Å². The van der Waals surface area contributed by atoms with Crippen molar-refractivity contribution in [3.63, 3.8) is 0 Å². The van der Waals surface area contributed by atoms with Crippen molar-refractivity contribution in [3.8, 4) is 0 Å². The molecule has 0 heterocycles. The Morgan fingerprint density at radius 1 is 1.05 bits per heavy atom. The molecule has 7 heteroatoms. The topological polar surface area (TPSA) is 110 Å². The summed E-state index contributed by atoms with van der Waals surface area (Å²) >= 11 is 0. The number of carbonyl (C=O) groups is 3.